The molecule has 0 bridgehead atoms. The molecule has 0 fully saturated rings. The monoisotopic (exact) mass is 273 g/mol. The summed E-state index contributed by atoms with van der Waals surface area (Å²) in [5.74, 6) is 0.586. The standard InChI is InChI=1S/C17H20FNO/c1-12(2)20-17-6-4-3-5-15(17)16(19)11-13-7-9-14(18)10-8-13/h3-10,12,16H,11,19H2,1-2H3. The third-order valence-corrected chi connectivity index (χ3v) is 3.05. The zero-order chi connectivity index (χ0) is 14.5. The van der Waals surface area contributed by atoms with Gasteiger partial charge in [-0.05, 0) is 44.0 Å². The van der Waals surface area contributed by atoms with Gasteiger partial charge in [-0.15, -0.1) is 0 Å². The molecule has 2 rings (SSSR count). The molecule has 2 N–H and O–H groups in total. The van der Waals surface area contributed by atoms with Crippen molar-refractivity contribution < 1.29 is 9.13 Å². The van der Waals surface area contributed by atoms with Crippen LogP contribution in [0.15, 0.2) is 48.5 Å². The van der Waals surface area contributed by atoms with E-state index in [1.807, 2.05) is 38.1 Å². The minimum atomic E-state index is -0.231. The fraction of sp³-hybridized carbons (Fsp3) is 0.294. The van der Waals surface area contributed by atoms with Gasteiger partial charge in [0.15, 0.2) is 0 Å². The first-order chi connectivity index (χ1) is 9.56. The quantitative estimate of drug-likeness (QED) is 0.898. The van der Waals surface area contributed by atoms with E-state index in [1.54, 1.807) is 12.1 Å². The molecule has 0 aromatic heterocycles. The molecule has 0 amide bonds. The van der Waals surface area contributed by atoms with Crippen molar-refractivity contribution in [3.05, 3.63) is 65.5 Å². The Balaban J connectivity index is 2.16. The largest absolute Gasteiger partial charge is 0.491 e. The highest BCUT2D eigenvalue weighted by molar-refractivity contribution is 5.37. The van der Waals surface area contributed by atoms with Gasteiger partial charge in [-0.3, -0.25) is 0 Å². The van der Waals surface area contributed by atoms with Crippen molar-refractivity contribution >= 4 is 0 Å². The topological polar surface area (TPSA) is 35.2 Å². The summed E-state index contributed by atoms with van der Waals surface area (Å²) >= 11 is 0. The van der Waals surface area contributed by atoms with Gasteiger partial charge in [0.2, 0.25) is 0 Å². The molecule has 0 saturated heterocycles. The molecule has 0 heterocycles. The average Bonchev–Trinajstić information content (AvgIpc) is 2.41. The fourth-order valence-corrected chi connectivity index (χ4v) is 2.13. The van der Waals surface area contributed by atoms with Crippen molar-refractivity contribution in [1.29, 1.82) is 0 Å². The molecule has 1 unspecified atom stereocenters. The highest BCUT2D eigenvalue weighted by Gasteiger charge is 2.13. The normalized spacial score (nSPS) is 12.4. The van der Waals surface area contributed by atoms with Crippen LogP contribution in [-0.2, 0) is 6.42 Å². The molecule has 0 aliphatic carbocycles. The number of hydrogen-bond donors (Lipinski definition) is 1. The predicted octanol–water partition coefficient (Wildman–Crippen LogP) is 3.86. The van der Waals surface area contributed by atoms with Crippen LogP contribution in [-0.4, -0.2) is 6.10 Å². The van der Waals surface area contributed by atoms with Crippen LogP contribution in [0, 0.1) is 5.82 Å². The van der Waals surface area contributed by atoms with E-state index in [0.29, 0.717) is 6.42 Å². The van der Waals surface area contributed by atoms with E-state index in [-0.39, 0.29) is 18.0 Å². The van der Waals surface area contributed by atoms with Crippen molar-refractivity contribution in [2.45, 2.75) is 32.4 Å². The first-order valence-corrected chi connectivity index (χ1v) is 6.82. The molecule has 2 aromatic carbocycles. The maximum Gasteiger partial charge on any atom is 0.124 e. The predicted molar refractivity (Wildman–Crippen MR) is 79.2 cm³/mol. The molecule has 20 heavy (non-hydrogen) atoms. The molecule has 0 aliphatic rings. The lowest BCUT2D eigenvalue weighted by Gasteiger charge is -2.18. The van der Waals surface area contributed by atoms with Gasteiger partial charge in [-0.25, -0.2) is 4.39 Å². The number of ether oxygens (including phenoxy) is 1. The van der Waals surface area contributed by atoms with Crippen molar-refractivity contribution in [3.8, 4) is 5.75 Å². The van der Waals surface area contributed by atoms with Crippen LogP contribution in [0.2, 0.25) is 0 Å². The highest BCUT2D eigenvalue weighted by Crippen LogP contribution is 2.26. The van der Waals surface area contributed by atoms with Crippen LogP contribution in [0.3, 0.4) is 0 Å². The summed E-state index contributed by atoms with van der Waals surface area (Å²) in [5.41, 5.74) is 8.26. The van der Waals surface area contributed by atoms with Crippen molar-refractivity contribution in [2.24, 2.45) is 5.73 Å². The Morgan fingerprint density at radius 1 is 1.05 bits per heavy atom. The highest BCUT2D eigenvalue weighted by atomic mass is 19.1. The molecule has 0 spiro atoms. The summed E-state index contributed by atoms with van der Waals surface area (Å²) in [5, 5.41) is 0. The molecule has 1 atom stereocenters. The zero-order valence-corrected chi connectivity index (χ0v) is 11.8. The summed E-state index contributed by atoms with van der Waals surface area (Å²) < 4.78 is 18.7. The Labute approximate surface area is 119 Å². The molecule has 0 radical (unpaired) electrons. The van der Waals surface area contributed by atoms with Gasteiger partial charge < -0.3 is 10.5 Å². The third kappa shape index (κ3) is 3.81. The molecule has 2 aromatic rings. The van der Waals surface area contributed by atoms with Gasteiger partial charge in [0.05, 0.1) is 6.10 Å². The van der Waals surface area contributed by atoms with Gasteiger partial charge in [0.25, 0.3) is 0 Å². The van der Waals surface area contributed by atoms with Crippen molar-refractivity contribution in [1.82, 2.24) is 0 Å². The smallest absolute Gasteiger partial charge is 0.124 e. The van der Waals surface area contributed by atoms with E-state index < -0.39 is 0 Å². The van der Waals surface area contributed by atoms with Crippen LogP contribution < -0.4 is 10.5 Å². The van der Waals surface area contributed by atoms with Crippen LogP contribution in [0.1, 0.15) is 31.0 Å². The van der Waals surface area contributed by atoms with Crippen molar-refractivity contribution in [2.75, 3.05) is 0 Å². The SMILES string of the molecule is CC(C)Oc1ccccc1C(N)Cc1ccc(F)cc1. The van der Waals surface area contributed by atoms with Crippen LogP contribution in [0.25, 0.3) is 0 Å². The first kappa shape index (κ1) is 14.5. The van der Waals surface area contributed by atoms with E-state index in [1.165, 1.54) is 12.1 Å². The maximum atomic E-state index is 12.9. The second kappa shape index (κ2) is 6.53. The van der Waals surface area contributed by atoms with Gasteiger partial charge in [0, 0.05) is 11.6 Å². The second-order valence-corrected chi connectivity index (χ2v) is 5.14. The summed E-state index contributed by atoms with van der Waals surface area (Å²) in [6.45, 7) is 3.98. The van der Waals surface area contributed by atoms with E-state index in [0.717, 1.165) is 16.9 Å². The fourth-order valence-electron chi connectivity index (χ4n) is 2.13. The van der Waals surface area contributed by atoms with Crippen LogP contribution in [0.4, 0.5) is 4.39 Å². The zero-order valence-electron chi connectivity index (χ0n) is 11.8. The summed E-state index contributed by atoms with van der Waals surface area (Å²) in [7, 11) is 0. The Morgan fingerprint density at radius 3 is 2.35 bits per heavy atom. The lowest BCUT2D eigenvalue weighted by molar-refractivity contribution is 0.238. The first-order valence-electron chi connectivity index (χ1n) is 6.82. The Hall–Kier alpha value is -1.87. The molecule has 106 valence electrons. The lowest BCUT2D eigenvalue weighted by atomic mass is 9.99. The molecule has 2 nitrogen and oxygen atoms in total. The third-order valence-electron chi connectivity index (χ3n) is 3.05. The number of para-hydroxylation sites is 1. The molecular weight excluding hydrogens is 253 g/mol. The van der Waals surface area contributed by atoms with E-state index in [9.17, 15) is 4.39 Å². The van der Waals surface area contributed by atoms with Gasteiger partial charge >= 0.3 is 0 Å². The van der Waals surface area contributed by atoms with Crippen LogP contribution in [0.5, 0.6) is 5.75 Å². The Kier molecular flexibility index (Phi) is 4.74. The van der Waals surface area contributed by atoms with Gasteiger partial charge in [0.1, 0.15) is 11.6 Å². The van der Waals surface area contributed by atoms with E-state index in [2.05, 4.69) is 0 Å². The molecule has 3 heteroatoms. The maximum absolute atomic E-state index is 12.9. The van der Waals surface area contributed by atoms with Gasteiger partial charge in [-0.2, -0.15) is 0 Å². The molecular formula is C17H20FNO. The summed E-state index contributed by atoms with van der Waals surface area (Å²) in [6.07, 6.45) is 0.757. The Morgan fingerprint density at radius 2 is 1.70 bits per heavy atom. The van der Waals surface area contributed by atoms with Gasteiger partial charge in [-0.1, -0.05) is 30.3 Å². The lowest BCUT2D eigenvalue weighted by Crippen LogP contribution is -2.16. The minimum Gasteiger partial charge on any atom is -0.491 e. The number of nitrogens with two attached hydrogens (primary N) is 1. The summed E-state index contributed by atoms with van der Waals surface area (Å²) in [4.78, 5) is 0. The minimum absolute atomic E-state index is 0.106. The van der Waals surface area contributed by atoms with Crippen LogP contribution >= 0.6 is 0 Å². The molecule has 0 saturated carbocycles. The average molecular weight is 273 g/mol. The van der Waals surface area contributed by atoms with Crippen molar-refractivity contribution in [3.63, 3.8) is 0 Å². The van der Waals surface area contributed by atoms with E-state index in [4.69, 9.17) is 10.5 Å². The van der Waals surface area contributed by atoms with E-state index >= 15 is 0 Å². The summed E-state index contributed by atoms with van der Waals surface area (Å²) in [6, 6.07) is 14.1. The molecule has 0 aliphatic heterocycles. The Bertz CT molecular complexity index is 551. The number of rotatable bonds is 5. The number of benzene rings is 2. The second-order valence-electron chi connectivity index (χ2n) is 5.14. The number of halogens is 1. The number of hydrogen-bond acceptors (Lipinski definition) is 2.